The monoisotopic (exact) mass is 341 g/mol. The van der Waals surface area contributed by atoms with E-state index in [0.717, 1.165) is 6.42 Å². The van der Waals surface area contributed by atoms with Gasteiger partial charge in [-0.05, 0) is 50.1 Å². The molecule has 0 bridgehead atoms. The zero-order chi connectivity index (χ0) is 18.1. The molecule has 1 amide bonds. The van der Waals surface area contributed by atoms with E-state index in [0.29, 0.717) is 24.5 Å². The van der Waals surface area contributed by atoms with Crippen molar-refractivity contribution in [1.82, 2.24) is 5.32 Å². The lowest BCUT2D eigenvalue weighted by molar-refractivity contribution is -0.150. The summed E-state index contributed by atoms with van der Waals surface area (Å²) in [5.74, 6) is -0.0347. The summed E-state index contributed by atoms with van der Waals surface area (Å²) in [5, 5.41) is 2.89. The fraction of sp³-hybridized carbons (Fsp3) is 0.300. The van der Waals surface area contributed by atoms with E-state index in [-0.39, 0.29) is 5.91 Å². The Morgan fingerprint density at radius 1 is 1.04 bits per heavy atom. The van der Waals surface area contributed by atoms with Crippen LogP contribution in [0.4, 0.5) is 0 Å². The number of carbonyl (C=O) groups is 2. The molecule has 0 aromatic heterocycles. The van der Waals surface area contributed by atoms with Crippen molar-refractivity contribution >= 4 is 11.9 Å². The minimum atomic E-state index is -0.689. The molecule has 0 radical (unpaired) electrons. The average molecular weight is 341 g/mol. The maximum absolute atomic E-state index is 12.1. The molecule has 0 aliphatic carbocycles. The Morgan fingerprint density at radius 3 is 2.36 bits per heavy atom. The Hall–Kier alpha value is -2.82. The van der Waals surface area contributed by atoms with E-state index >= 15 is 0 Å². The van der Waals surface area contributed by atoms with Crippen LogP contribution in [0, 0.1) is 0 Å². The first-order valence-corrected chi connectivity index (χ1v) is 8.35. The molecule has 0 spiro atoms. The molecule has 25 heavy (non-hydrogen) atoms. The van der Waals surface area contributed by atoms with Crippen molar-refractivity contribution in [2.24, 2.45) is 0 Å². The van der Waals surface area contributed by atoms with Gasteiger partial charge in [-0.15, -0.1) is 0 Å². The van der Waals surface area contributed by atoms with E-state index < -0.39 is 12.1 Å². The van der Waals surface area contributed by atoms with Gasteiger partial charge in [0.15, 0.2) is 6.10 Å². The molecule has 5 heteroatoms. The van der Waals surface area contributed by atoms with Gasteiger partial charge in [0.1, 0.15) is 5.75 Å². The van der Waals surface area contributed by atoms with Gasteiger partial charge in [-0.1, -0.05) is 30.3 Å². The van der Waals surface area contributed by atoms with Gasteiger partial charge in [0.05, 0.1) is 6.61 Å². The summed E-state index contributed by atoms with van der Waals surface area (Å²) in [6.45, 7) is 4.26. The second-order valence-electron chi connectivity index (χ2n) is 5.53. The third kappa shape index (κ3) is 5.95. The predicted octanol–water partition coefficient (Wildman–Crippen LogP) is 2.99. The van der Waals surface area contributed by atoms with Crippen LogP contribution in [0.1, 0.15) is 29.8 Å². The minimum absolute atomic E-state index is 0.138. The number of amides is 1. The van der Waals surface area contributed by atoms with Crippen LogP contribution < -0.4 is 10.1 Å². The Morgan fingerprint density at radius 2 is 1.72 bits per heavy atom. The number of rotatable bonds is 8. The van der Waals surface area contributed by atoms with Crippen LogP contribution in [0.15, 0.2) is 54.6 Å². The minimum Gasteiger partial charge on any atom is -0.479 e. The molecule has 1 N–H and O–H groups in total. The van der Waals surface area contributed by atoms with Crippen molar-refractivity contribution in [3.05, 3.63) is 65.7 Å². The fourth-order valence-electron chi connectivity index (χ4n) is 2.26. The van der Waals surface area contributed by atoms with E-state index in [2.05, 4.69) is 5.32 Å². The molecule has 1 atom stereocenters. The van der Waals surface area contributed by atoms with Crippen molar-refractivity contribution in [2.45, 2.75) is 26.4 Å². The molecule has 0 saturated carbocycles. The smallest absolute Gasteiger partial charge is 0.347 e. The third-order valence-electron chi connectivity index (χ3n) is 3.59. The largest absolute Gasteiger partial charge is 0.479 e. The van der Waals surface area contributed by atoms with Crippen LogP contribution in [0.25, 0.3) is 0 Å². The average Bonchev–Trinajstić information content (AvgIpc) is 2.63. The molecule has 0 fully saturated rings. The van der Waals surface area contributed by atoms with Crippen LogP contribution in [0.3, 0.4) is 0 Å². The summed E-state index contributed by atoms with van der Waals surface area (Å²) in [4.78, 5) is 23.7. The first kappa shape index (κ1) is 18.5. The van der Waals surface area contributed by atoms with Crippen molar-refractivity contribution in [1.29, 1.82) is 0 Å². The highest BCUT2D eigenvalue weighted by Crippen LogP contribution is 2.14. The van der Waals surface area contributed by atoms with E-state index in [1.54, 1.807) is 38.1 Å². The molecule has 2 rings (SSSR count). The van der Waals surface area contributed by atoms with Crippen molar-refractivity contribution in [3.8, 4) is 5.75 Å². The zero-order valence-electron chi connectivity index (χ0n) is 14.5. The Labute approximate surface area is 148 Å². The van der Waals surface area contributed by atoms with E-state index in [4.69, 9.17) is 9.47 Å². The highest BCUT2D eigenvalue weighted by molar-refractivity contribution is 5.94. The molecule has 132 valence electrons. The van der Waals surface area contributed by atoms with E-state index in [9.17, 15) is 9.59 Å². The molecule has 5 nitrogen and oxygen atoms in total. The molecule has 0 heterocycles. The number of ether oxygens (including phenoxy) is 2. The van der Waals surface area contributed by atoms with E-state index in [1.165, 1.54) is 5.56 Å². The van der Waals surface area contributed by atoms with Crippen LogP contribution >= 0.6 is 0 Å². The molecule has 2 aromatic carbocycles. The maximum atomic E-state index is 12.1. The number of hydrogen-bond donors (Lipinski definition) is 1. The lowest BCUT2D eigenvalue weighted by Gasteiger charge is -2.13. The number of carbonyl (C=O) groups excluding carboxylic acids is 2. The van der Waals surface area contributed by atoms with Gasteiger partial charge in [-0.3, -0.25) is 4.79 Å². The molecule has 0 saturated heterocycles. The number of nitrogens with one attached hydrogen (secondary N) is 1. The second kappa shape index (κ2) is 9.47. The first-order valence-electron chi connectivity index (χ1n) is 8.35. The van der Waals surface area contributed by atoms with Crippen molar-refractivity contribution in [2.75, 3.05) is 13.2 Å². The number of benzene rings is 2. The van der Waals surface area contributed by atoms with Crippen LogP contribution in [-0.4, -0.2) is 31.1 Å². The van der Waals surface area contributed by atoms with Gasteiger partial charge >= 0.3 is 5.97 Å². The summed E-state index contributed by atoms with van der Waals surface area (Å²) in [7, 11) is 0. The lowest BCUT2D eigenvalue weighted by atomic mass is 10.1. The quantitative estimate of drug-likeness (QED) is 0.750. The Bertz CT molecular complexity index is 683. The highest BCUT2D eigenvalue weighted by atomic mass is 16.6. The van der Waals surface area contributed by atoms with Crippen LogP contribution in [-0.2, 0) is 16.0 Å². The van der Waals surface area contributed by atoms with Gasteiger partial charge < -0.3 is 14.8 Å². The number of hydrogen-bond acceptors (Lipinski definition) is 4. The summed E-state index contributed by atoms with van der Waals surface area (Å²) in [6, 6.07) is 16.7. The van der Waals surface area contributed by atoms with Gasteiger partial charge in [0, 0.05) is 12.1 Å². The summed E-state index contributed by atoms with van der Waals surface area (Å²) < 4.78 is 10.4. The second-order valence-corrected chi connectivity index (χ2v) is 5.53. The third-order valence-corrected chi connectivity index (χ3v) is 3.59. The Balaban J connectivity index is 1.82. The molecular weight excluding hydrogens is 318 g/mol. The highest BCUT2D eigenvalue weighted by Gasteiger charge is 2.15. The molecule has 2 aromatic rings. The van der Waals surface area contributed by atoms with Gasteiger partial charge in [0.25, 0.3) is 5.91 Å². The van der Waals surface area contributed by atoms with Gasteiger partial charge in [-0.25, -0.2) is 4.79 Å². The zero-order valence-corrected chi connectivity index (χ0v) is 14.5. The summed E-state index contributed by atoms with van der Waals surface area (Å²) in [5.41, 5.74) is 1.73. The van der Waals surface area contributed by atoms with Crippen molar-refractivity contribution in [3.63, 3.8) is 0 Å². The normalized spacial score (nSPS) is 11.4. The summed E-state index contributed by atoms with van der Waals surface area (Å²) in [6.07, 6.45) is 0.0932. The summed E-state index contributed by atoms with van der Waals surface area (Å²) >= 11 is 0. The van der Waals surface area contributed by atoms with Crippen LogP contribution in [0.5, 0.6) is 5.75 Å². The maximum Gasteiger partial charge on any atom is 0.347 e. The fourth-order valence-corrected chi connectivity index (χ4v) is 2.26. The number of esters is 1. The molecule has 1 unspecified atom stereocenters. The van der Waals surface area contributed by atoms with Crippen molar-refractivity contribution < 1.29 is 19.1 Å². The topological polar surface area (TPSA) is 64.6 Å². The van der Waals surface area contributed by atoms with E-state index in [1.807, 2.05) is 30.3 Å². The molecular formula is C20H23NO4. The van der Waals surface area contributed by atoms with Crippen LogP contribution in [0.2, 0.25) is 0 Å². The van der Waals surface area contributed by atoms with Gasteiger partial charge in [-0.2, -0.15) is 0 Å². The predicted molar refractivity (Wildman–Crippen MR) is 95.6 cm³/mol. The standard InChI is InChI=1S/C20H23NO4/c1-3-24-20(23)15(2)25-18-11-9-17(10-12-18)19(22)21-14-13-16-7-5-4-6-8-16/h4-12,15H,3,13-14H2,1-2H3,(H,21,22). The SMILES string of the molecule is CCOC(=O)C(C)Oc1ccc(C(=O)NCCc2ccccc2)cc1. The first-order chi connectivity index (χ1) is 12.1. The lowest BCUT2D eigenvalue weighted by Crippen LogP contribution is -2.26. The Kier molecular flexibility index (Phi) is 7.01. The van der Waals surface area contributed by atoms with Gasteiger partial charge in [0.2, 0.25) is 0 Å². The molecule has 0 aliphatic heterocycles. The molecule has 0 aliphatic rings.